The molecule has 2 N–H and O–H groups in total. The van der Waals surface area contributed by atoms with Gasteiger partial charge in [-0.2, -0.15) is 0 Å². The van der Waals surface area contributed by atoms with E-state index in [0.29, 0.717) is 12.0 Å². The summed E-state index contributed by atoms with van der Waals surface area (Å²) in [6.45, 7) is 4.26. The van der Waals surface area contributed by atoms with Crippen LogP contribution in [0.3, 0.4) is 0 Å². The Bertz CT molecular complexity index is 394. The smallest absolute Gasteiger partial charge is 0.150 e. The van der Waals surface area contributed by atoms with Crippen molar-refractivity contribution in [2.75, 3.05) is 19.3 Å². The van der Waals surface area contributed by atoms with Gasteiger partial charge in [0.1, 0.15) is 9.84 Å². The average molecular weight is 288 g/mol. The molecule has 2 rings (SSSR count). The van der Waals surface area contributed by atoms with Gasteiger partial charge >= 0.3 is 0 Å². The number of rotatable bonds is 3. The first-order valence-electron chi connectivity index (χ1n) is 7.56. The van der Waals surface area contributed by atoms with Gasteiger partial charge in [0.2, 0.25) is 0 Å². The molecule has 19 heavy (non-hydrogen) atoms. The monoisotopic (exact) mass is 288 g/mol. The van der Waals surface area contributed by atoms with Crippen molar-refractivity contribution in [1.29, 1.82) is 0 Å². The highest BCUT2D eigenvalue weighted by Gasteiger charge is 2.34. The highest BCUT2D eigenvalue weighted by Crippen LogP contribution is 2.30. The van der Waals surface area contributed by atoms with E-state index in [2.05, 4.69) is 11.8 Å². The quantitative estimate of drug-likeness (QED) is 0.852. The predicted octanol–water partition coefficient (Wildman–Crippen LogP) is 1.40. The van der Waals surface area contributed by atoms with E-state index in [4.69, 9.17) is 5.73 Å². The lowest BCUT2D eigenvalue weighted by Gasteiger charge is -2.42. The molecule has 1 saturated carbocycles. The summed E-state index contributed by atoms with van der Waals surface area (Å²) in [5.41, 5.74) is 6.03. The maximum absolute atomic E-state index is 11.7. The van der Waals surface area contributed by atoms with Gasteiger partial charge in [0.25, 0.3) is 0 Å². The molecule has 0 amide bonds. The Morgan fingerprint density at radius 2 is 1.95 bits per heavy atom. The lowest BCUT2D eigenvalue weighted by atomic mass is 9.87. The van der Waals surface area contributed by atoms with Crippen molar-refractivity contribution in [3.63, 3.8) is 0 Å². The van der Waals surface area contributed by atoms with Crippen molar-refractivity contribution in [2.24, 2.45) is 11.7 Å². The third-order valence-electron chi connectivity index (χ3n) is 4.95. The van der Waals surface area contributed by atoms with Crippen molar-refractivity contribution < 1.29 is 8.42 Å². The molecule has 4 atom stereocenters. The molecule has 0 spiro atoms. The van der Waals surface area contributed by atoms with Crippen LogP contribution in [0, 0.1) is 5.92 Å². The van der Waals surface area contributed by atoms with Crippen molar-refractivity contribution in [2.45, 2.75) is 62.8 Å². The number of hydrogen-bond acceptors (Lipinski definition) is 4. The minimum atomic E-state index is -2.88. The maximum atomic E-state index is 11.7. The van der Waals surface area contributed by atoms with Gasteiger partial charge < -0.3 is 10.6 Å². The van der Waals surface area contributed by atoms with Crippen LogP contribution in [-0.2, 0) is 9.84 Å². The van der Waals surface area contributed by atoms with Crippen molar-refractivity contribution in [3.8, 4) is 0 Å². The van der Waals surface area contributed by atoms with E-state index in [1.807, 2.05) is 0 Å². The van der Waals surface area contributed by atoms with E-state index >= 15 is 0 Å². The van der Waals surface area contributed by atoms with Gasteiger partial charge in [0.05, 0.1) is 5.25 Å². The largest absolute Gasteiger partial charge is 0.328 e. The zero-order valence-corrected chi connectivity index (χ0v) is 13.0. The number of nitrogens with two attached hydrogens (primary N) is 1. The summed E-state index contributed by atoms with van der Waals surface area (Å²) < 4.78 is 23.5. The Kier molecular flexibility index (Phi) is 4.90. The summed E-state index contributed by atoms with van der Waals surface area (Å²) >= 11 is 0. The molecule has 5 heteroatoms. The molecular weight excluding hydrogens is 260 g/mol. The highest BCUT2D eigenvalue weighted by molar-refractivity contribution is 7.91. The summed E-state index contributed by atoms with van der Waals surface area (Å²) in [6, 6.07) is 0.701. The topological polar surface area (TPSA) is 63.4 Å². The van der Waals surface area contributed by atoms with Crippen LogP contribution in [0.15, 0.2) is 0 Å². The van der Waals surface area contributed by atoms with Crippen LogP contribution in [0.1, 0.15) is 45.4 Å². The van der Waals surface area contributed by atoms with Crippen molar-refractivity contribution >= 4 is 9.84 Å². The van der Waals surface area contributed by atoms with E-state index in [1.165, 1.54) is 19.1 Å². The van der Waals surface area contributed by atoms with Crippen molar-refractivity contribution in [3.05, 3.63) is 0 Å². The van der Waals surface area contributed by atoms with Crippen LogP contribution < -0.4 is 5.73 Å². The van der Waals surface area contributed by atoms with Gasteiger partial charge in [-0.25, -0.2) is 8.42 Å². The van der Waals surface area contributed by atoms with Crippen LogP contribution in [0.25, 0.3) is 0 Å². The number of likely N-dealkylation sites (tertiary alicyclic amines) is 1. The van der Waals surface area contributed by atoms with E-state index < -0.39 is 9.84 Å². The second kappa shape index (κ2) is 6.10. The highest BCUT2D eigenvalue weighted by atomic mass is 32.2. The summed E-state index contributed by atoms with van der Waals surface area (Å²) in [6.07, 6.45) is 7.67. The molecule has 2 aliphatic rings. The number of sulfone groups is 1. The Hall–Kier alpha value is -0.130. The van der Waals surface area contributed by atoms with E-state index in [0.717, 1.165) is 38.8 Å². The molecule has 4 unspecified atom stereocenters. The van der Waals surface area contributed by atoms with Gasteiger partial charge in [-0.15, -0.1) is 0 Å². The Labute approximate surface area is 117 Å². The fraction of sp³-hybridized carbons (Fsp3) is 1.00. The fourth-order valence-corrected chi connectivity index (χ4v) is 4.81. The minimum absolute atomic E-state index is 0.123. The number of nitrogens with zero attached hydrogens (tertiary/aromatic N) is 1. The third kappa shape index (κ3) is 3.92. The first kappa shape index (κ1) is 15.3. The van der Waals surface area contributed by atoms with Gasteiger partial charge in [0.15, 0.2) is 0 Å². The van der Waals surface area contributed by atoms with Crippen LogP contribution >= 0.6 is 0 Å². The summed E-state index contributed by atoms with van der Waals surface area (Å²) in [7, 11) is -2.88. The Morgan fingerprint density at radius 1 is 1.21 bits per heavy atom. The average Bonchev–Trinajstić information content (AvgIpc) is 2.38. The van der Waals surface area contributed by atoms with Crippen LogP contribution in [0.5, 0.6) is 0 Å². The maximum Gasteiger partial charge on any atom is 0.150 e. The molecule has 0 aromatic carbocycles. The van der Waals surface area contributed by atoms with Gasteiger partial charge in [-0.05, 0) is 51.5 Å². The Balaban J connectivity index is 1.97. The van der Waals surface area contributed by atoms with Crippen LogP contribution in [0.4, 0.5) is 0 Å². The van der Waals surface area contributed by atoms with E-state index in [-0.39, 0.29) is 11.3 Å². The minimum Gasteiger partial charge on any atom is -0.328 e. The van der Waals surface area contributed by atoms with Gasteiger partial charge in [-0.3, -0.25) is 0 Å². The molecule has 0 aromatic rings. The summed E-state index contributed by atoms with van der Waals surface area (Å²) in [5.74, 6) is 0.576. The molecule has 0 bridgehead atoms. The lowest BCUT2D eigenvalue weighted by molar-refractivity contribution is 0.0921. The third-order valence-corrected chi connectivity index (χ3v) is 6.59. The molecule has 1 aliphatic heterocycles. The van der Waals surface area contributed by atoms with E-state index in [1.54, 1.807) is 0 Å². The lowest BCUT2D eigenvalue weighted by Crippen LogP contribution is -2.49. The number of piperidine rings is 1. The van der Waals surface area contributed by atoms with Gasteiger partial charge in [0, 0.05) is 24.9 Å². The normalized spacial score (nSPS) is 36.1. The van der Waals surface area contributed by atoms with Crippen LogP contribution in [0.2, 0.25) is 0 Å². The zero-order chi connectivity index (χ0) is 14.0. The standard InChI is InChI=1S/C14H28N2O2S/c1-11(15)12-5-4-8-16(10-12)13-6-3-7-14(9-13)19(2,17)18/h11-14H,3-10,15H2,1-2H3. The first-order chi connectivity index (χ1) is 8.88. The predicted molar refractivity (Wildman–Crippen MR) is 78.8 cm³/mol. The SMILES string of the molecule is CC(N)C1CCCN(C2CCCC(S(C)(=O)=O)C2)C1. The van der Waals surface area contributed by atoms with Crippen molar-refractivity contribution in [1.82, 2.24) is 4.90 Å². The summed E-state index contributed by atoms with van der Waals surface area (Å²) in [4.78, 5) is 2.51. The molecule has 4 nitrogen and oxygen atoms in total. The Morgan fingerprint density at radius 3 is 2.58 bits per heavy atom. The molecule has 1 aliphatic carbocycles. The summed E-state index contributed by atoms with van der Waals surface area (Å²) in [5, 5.41) is -0.123. The molecule has 112 valence electrons. The second-order valence-corrected chi connectivity index (χ2v) is 8.85. The second-order valence-electron chi connectivity index (χ2n) is 6.53. The van der Waals surface area contributed by atoms with Gasteiger partial charge in [-0.1, -0.05) is 6.42 Å². The molecule has 1 saturated heterocycles. The molecular formula is C14H28N2O2S. The molecule has 1 heterocycles. The fourth-order valence-electron chi connectivity index (χ4n) is 3.64. The van der Waals surface area contributed by atoms with E-state index in [9.17, 15) is 8.42 Å². The van der Waals surface area contributed by atoms with Crippen LogP contribution in [-0.4, -0.2) is 50.0 Å². The zero-order valence-electron chi connectivity index (χ0n) is 12.2. The molecule has 0 aromatic heterocycles. The first-order valence-corrected chi connectivity index (χ1v) is 9.52. The molecule has 0 radical (unpaired) electrons. The molecule has 2 fully saturated rings. The number of hydrogen-bond donors (Lipinski definition) is 1.